The van der Waals surface area contributed by atoms with Crippen LogP contribution in [-0.2, 0) is 17.5 Å². The number of hydrogen-bond acceptors (Lipinski definition) is 7. The van der Waals surface area contributed by atoms with Gasteiger partial charge in [-0.05, 0) is 30.7 Å². The highest BCUT2D eigenvalue weighted by molar-refractivity contribution is 7.98. The summed E-state index contributed by atoms with van der Waals surface area (Å²) in [4.78, 5) is 19.7. The number of hydrogen-bond donors (Lipinski definition) is 0. The van der Waals surface area contributed by atoms with Gasteiger partial charge >= 0.3 is 0 Å². The number of rotatable bonds is 5. The van der Waals surface area contributed by atoms with E-state index in [-0.39, 0.29) is 5.56 Å². The third-order valence-electron chi connectivity index (χ3n) is 5.67. The summed E-state index contributed by atoms with van der Waals surface area (Å²) in [5.74, 6) is 2.01. The third-order valence-corrected chi connectivity index (χ3v) is 6.60. The Morgan fingerprint density at radius 1 is 1.03 bits per heavy atom. The van der Waals surface area contributed by atoms with Crippen molar-refractivity contribution in [2.24, 2.45) is 7.05 Å². The van der Waals surface area contributed by atoms with Crippen molar-refractivity contribution >= 4 is 28.6 Å². The zero-order valence-electron chi connectivity index (χ0n) is 18.1. The largest absolute Gasteiger partial charge is 0.378 e. The minimum absolute atomic E-state index is 0.0411. The minimum Gasteiger partial charge on any atom is -0.378 e. The summed E-state index contributed by atoms with van der Waals surface area (Å²) in [5, 5.41) is 10.4. The van der Waals surface area contributed by atoms with E-state index in [0.29, 0.717) is 35.7 Å². The van der Waals surface area contributed by atoms with E-state index < -0.39 is 0 Å². The summed E-state index contributed by atoms with van der Waals surface area (Å²) < 4.78 is 9.24. The van der Waals surface area contributed by atoms with Gasteiger partial charge < -0.3 is 9.64 Å². The zero-order chi connectivity index (χ0) is 22.1. The molecule has 1 saturated heterocycles. The van der Waals surface area contributed by atoms with E-state index in [2.05, 4.69) is 38.7 Å². The Labute approximate surface area is 189 Å². The predicted molar refractivity (Wildman–Crippen MR) is 126 cm³/mol. The van der Waals surface area contributed by atoms with Crippen LogP contribution in [0.4, 0.5) is 5.95 Å². The van der Waals surface area contributed by atoms with Crippen molar-refractivity contribution in [1.29, 1.82) is 0 Å². The van der Waals surface area contributed by atoms with Crippen LogP contribution in [0.15, 0.2) is 58.5 Å². The van der Waals surface area contributed by atoms with E-state index in [1.807, 2.05) is 36.4 Å². The first-order valence-corrected chi connectivity index (χ1v) is 11.5. The van der Waals surface area contributed by atoms with Crippen molar-refractivity contribution in [1.82, 2.24) is 24.3 Å². The average Bonchev–Trinajstić information content (AvgIpc) is 3.25. The Bertz CT molecular complexity index is 1330. The Morgan fingerprint density at radius 3 is 2.59 bits per heavy atom. The van der Waals surface area contributed by atoms with Crippen LogP contribution in [0.25, 0.3) is 16.6 Å². The summed E-state index contributed by atoms with van der Waals surface area (Å²) in [6.45, 7) is 4.98. The second-order valence-corrected chi connectivity index (χ2v) is 8.64. The molecule has 0 radical (unpaired) electrons. The molecule has 0 atom stereocenters. The van der Waals surface area contributed by atoms with E-state index in [0.717, 1.165) is 35.4 Å². The molecule has 0 unspecified atom stereocenters. The van der Waals surface area contributed by atoms with Crippen molar-refractivity contribution in [3.05, 3.63) is 70.3 Å². The molecule has 8 nitrogen and oxygen atoms in total. The van der Waals surface area contributed by atoms with Crippen LogP contribution in [0.2, 0.25) is 0 Å². The number of para-hydroxylation sites is 2. The Balaban J connectivity index is 1.52. The zero-order valence-corrected chi connectivity index (χ0v) is 18.9. The van der Waals surface area contributed by atoms with Crippen LogP contribution >= 0.6 is 11.8 Å². The molecule has 1 fully saturated rings. The number of ether oxygens (including phenoxy) is 1. The van der Waals surface area contributed by atoms with Gasteiger partial charge in [-0.2, -0.15) is 0 Å². The number of anilines is 1. The smallest absolute Gasteiger partial charge is 0.261 e. The fraction of sp³-hybridized carbons (Fsp3) is 0.304. The molecule has 9 heteroatoms. The molecule has 3 heterocycles. The van der Waals surface area contributed by atoms with Crippen LogP contribution in [0, 0.1) is 6.92 Å². The van der Waals surface area contributed by atoms with Gasteiger partial charge in [-0.1, -0.05) is 42.1 Å². The summed E-state index contributed by atoms with van der Waals surface area (Å²) in [6, 6.07) is 15.7. The summed E-state index contributed by atoms with van der Waals surface area (Å²) in [7, 11) is 1.77. The van der Waals surface area contributed by atoms with Gasteiger partial charge in [0.15, 0.2) is 5.16 Å². The van der Waals surface area contributed by atoms with Crippen LogP contribution in [0.5, 0.6) is 0 Å². The first-order chi connectivity index (χ1) is 15.6. The summed E-state index contributed by atoms with van der Waals surface area (Å²) in [5.41, 5.74) is 2.85. The van der Waals surface area contributed by atoms with Gasteiger partial charge in [-0.3, -0.25) is 13.9 Å². The van der Waals surface area contributed by atoms with Crippen LogP contribution in [0.1, 0.15) is 11.4 Å². The highest BCUT2D eigenvalue weighted by Gasteiger charge is 2.23. The monoisotopic (exact) mass is 448 g/mol. The molecule has 4 aromatic rings. The molecule has 0 bridgehead atoms. The van der Waals surface area contributed by atoms with Gasteiger partial charge in [0.25, 0.3) is 5.56 Å². The van der Waals surface area contributed by atoms with Crippen molar-refractivity contribution in [3.8, 4) is 5.69 Å². The number of thioether (sulfide) groups is 1. The van der Waals surface area contributed by atoms with Gasteiger partial charge in [0.1, 0.15) is 5.82 Å². The SMILES string of the molecule is Cc1ccccc1-n1c(SCc2nc3ccccc3c(=O)n2C)nnc1N1CCOCC1. The van der Waals surface area contributed by atoms with Crippen molar-refractivity contribution < 1.29 is 4.74 Å². The fourth-order valence-electron chi connectivity index (χ4n) is 3.87. The van der Waals surface area contributed by atoms with E-state index in [4.69, 9.17) is 9.72 Å². The molecule has 0 saturated carbocycles. The van der Waals surface area contributed by atoms with Crippen molar-refractivity contribution in [3.63, 3.8) is 0 Å². The van der Waals surface area contributed by atoms with E-state index in [9.17, 15) is 4.79 Å². The number of morpholine rings is 1. The number of benzene rings is 2. The molecule has 0 N–H and O–H groups in total. The molecule has 5 rings (SSSR count). The molecule has 2 aromatic carbocycles. The van der Waals surface area contributed by atoms with Gasteiger partial charge in [0.05, 0.1) is 35.6 Å². The van der Waals surface area contributed by atoms with Crippen LogP contribution in [-0.4, -0.2) is 50.6 Å². The van der Waals surface area contributed by atoms with Gasteiger partial charge in [-0.25, -0.2) is 4.98 Å². The molecular formula is C23H24N6O2S. The lowest BCUT2D eigenvalue weighted by Gasteiger charge is -2.28. The van der Waals surface area contributed by atoms with E-state index >= 15 is 0 Å². The molecule has 2 aromatic heterocycles. The number of nitrogens with zero attached hydrogens (tertiary/aromatic N) is 6. The molecule has 0 amide bonds. The van der Waals surface area contributed by atoms with Crippen LogP contribution in [0.3, 0.4) is 0 Å². The average molecular weight is 449 g/mol. The third kappa shape index (κ3) is 3.78. The normalized spacial score (nSPS) is 14.2. The number of aromatic nitrogens is 5. The van der Waals surface area contributed by atoms with Gasteiger partial charge in [-0.15, -0.1) is 10.2 Å². The Kier molecular flexibility index (Phi) is 5.67. The Hall–Kier alpha value is -3.17. The van der Waals surface area contributed by atoms with Gasteiger partial charge in [0.2, 0.25) is 5.95 Å². The van der Waals surface area contributed by atoms with E-state index in [1.165, 1.54) is 11.8 Å². The first-order valence-electron chi connectivity index (χ1n) is 10.5. The highest BCUT2D eigenvalue weighted by Crippen LogP contribution is 2.30. The minimum atomic E-state index is -0.0411. The summed E-state index contributed by atoms with van der Waals surface area (Å²) >= 11 is 1.53. The lowest BCUT2D eigenvalue weighted by Crippen LogP contribution is -2.38. The maximum absolute atomic E-state index is 12.8. The maximum atomic E-state index is 12.8. The molecule has 32 heavy (non-hydrogen) atoms. The fourth-order valence-corrected chi connectivity index (χ4v) is 4.80. The predicted octanol–water partition coefficient (Wildman–Crippen LogP) is 2.95. The molecule has 1 aliphatic heterocycles. The van der Waals surface area contributed by atoms with Gasteiger partial charge in [0, 0.05) is 20.1 Å². The van der Waals surface area contributed by atoms with Crippen LogP contribution < -0.4 is 10.5 Å². The molecule has 0 aliphatic carbocycles. The van der Waals surface area contributed by atoms with Crippen molar-refractivity contribution in [2.75, 3.05) is 31.2 Å². The molecule has 0 spiro atoms. The Morgan fingerprint density at radius 2 is 1.78 bits per heavy atom. The second-order valence-electron chi connectivity index (χ2n) is 7.70. The second kappa shape index (κ2) is 8.76. The first kappa shape index (κ1) is 20.7. The maximum Gasteiger partial charge on any atom is 0.261 e. The quantitative estimate of drug-likeness (QED) is 0.435. The lowest BCUT2D eigenvalue weighted by atomic mass is 10.2. The lowest BCUT2D eigenvalue weighted by molar-refractivity contribution is 0.122. The topological polar surface area (TPSA) is 78.1 Å². The number of aryl methyl sites for hydroxylation is 1. The molecule has 1 aliphatic rings. The summed E-state index contributed by atoms with van der Waals surface area (Å²) in [6.07, 6.45) is 0. The van der Waals surface area contributed by atoms with Crippen molar-refractivity contribution in [2.45, 2.75) is 17.8 Å². The molecule has 164 valence electrons. The van der Waals surface area contributed by atoms with E-state index in [1.54, 1.807) is 11.6 Å². The highest BCUT2D eigenvalue weighted by atomic mass is 32.2. The number of fused-ring (bicyclic) bond motifs is 1. The standard InChI is InChI=1S/C23H24N6O2S/c1-16-7-3-6-10-19(16)29-22(28-11-13-31-14-12-28)25-26-23(29)32-15-20-24-18-9-5-4-8-17(18)21(30)27(20)2/h3-10H,11-15H2,1-2H3. The molecular weight excluding hydrogens is 424 g/mol.